The normalized spacial score (nSPS) is 17.7. The van der Waals surface area contributed by atoms with Crippen LogP contribution in [0.15, 0.2) is 30.3 Å². The number of carbonyl (C=O) groups is 1. The van der Waals surface area contributed by atoms with Gasteiger partial charge in [-0.25, -0.2) is 8.42 Å². The van der Waals surface area contributed by atoms with Crippen LogP contribution in [0.2, 0.25) is 0 Å². The maximum Gasteiger partial charge on any atom is 0.251 e. The first-order valence-electron chi connectivity index (χ1n) is 8.19. The Morgan fingerprint density at radius 1 is 1.17 bits per heavy atom. The van der Waals surface area contributed by atoms with E-state index in [1.54, 1.807) is 11.8 Å². The Balaban J connectivity index is 1.73. The fraction of sp³-hybridized carbons (Fsp3) is 0.588. The van der Waals surface area contributed by atoms with E-state index in [2.05, 4.69) is 4.90 Å². The van der Waals surface area contributed by atoms with E-state index in [0.29, 0.717) is 39.3 Å². The van der Waals surface area contributed by atoms with Gasteiger partial charge in [0.1, 0.15) is 15.9 Å². The molecule has 1 fully saturated rings. The lowest BCUT2D eigenvalue weighted by Gasteiger charge is -2.35. The summed E-state index contributed by atoms with van der Waals surface area (Å²) in [5.41, 5.74) is 1.04. The molecule has 1 aromatic carbocycles. The molecule has 0 aromatic heterocycles. The summed E-state index contributed by atoms with van der Waals surface area (Å²) >= 11 is 0. The van der Waals surface area contributed by atoms with Crippen molar-refractivity contribution in [1.29, 1.82) is 0 Å². The van der Waals surface area contributed by atoms with E-state index in [-0.39, 0.29) is 11.7 Å². The van der Waals surface area contributed by atoms with Gasteiger partial charge in [0, 0.05) is 39.0 Å². The van der Waals surface area contributed by atoms with E-state index in [1.807, 2.05) is 30.3 Å². The highest BCUT2D eigenvalue weighted by Crippen LogP contribution is 2.09. The number of amides is 1. The highest BCUT2D eigenvalue weighted by molar-refractivity contribution is 7.90. The minimum atomic E-state index is -2.94. The first-order chi connectivity index (χ1) is 11.3. The predicted octanol–water partition coefficient (Wildman–Crippen LogP) is 0.781. The van der Waals surface area contributed by atoms with Crippen LogP contribution in [0.25, 0.3) is 0 Å². The van der Waals surface area contributed by atoms with Gasteiger partial charge in [0.15, 0.2) is 0 Å². The molecule has 1 aromatic rings. The molecule has 1 heterocycles. The van der Waals surface area contributed by atoms with Crippen molar-refractivity contribution in [3.8, 4) is 0 Å². The van der Waals surface area contributed by atoms with Crippen LogP contribution in [0.4, 0.5) is 0 Å². The van der Waals surface area contributed by atoms with Gasteiger partial charge in [-0.05, 0) is 12.5 Å². The summed E-state index contributed by atoms with van der Waals surface area (Å²) in [6.07, 6.45) is 0.770. The van der Waals surface area contributed by atoms with Crippen molar-refractivity contribution in [3.05, 3.63) is 35.9 Å². The second-order valence-electron chi connectivity index (χ2n) is 6.24. The van der Waals surface area contributed by atoms with E-state index in [0.717, 1.165) is 5.56 Å². The minimum absolute atomic E-state index is 0.00584. The Morgan fingerprint density at radius 3 is 2.38 bits per heavy atom. The van der Waals surface area contributed by atoms with Crippen LogP contribution in [-0.4, -0.2) is 75.0 Å². The van der Waals surface area contributed by atoms with Crippen molar-refractivity contribution >= 4 is 15.7 Å². The molecule has 0 aliphatic carbocycles. The Labute approximate surface area is 144 Å². The SMILES string of the molecule is CC(OCc1ccccc1)C(=O)N1CCN(CCS(C)(=O)=O)CC1. The van der Waals surface area contributed by atoms with Crippen molar-refractivity contribution in [3.63, 3.8) is 0 Å². The smallest absolute Gasteiger partial charge is 0.251 e. The monoisotopic (exact) mass is 354 g/mol. The van der Waals surface area contributed by atoms with Crippen LogP contribution in [0.5, 0.6) is 0 Å². The van der Waals surface area contributed by atoms with Crippen LogP contribution in [-0.2, 0) is 26.0 Å². The van der Waals surface area contributed by atoms with Gasteiger partial charge in [-0.15, -0.1) is 0 Å². The number of carbonyl (C=O) groups excluding carboxylic acids is 1. The van der Waals surface area contributed by atoms with Crippen molar-refractivity contribution in [1.82, 2.24) is 9.80 Å². The zero-order valence-corrected chi connectivity index (χ0v) is 15.2. The van der Waals surface area contributed by atoms with Gasteiger partial charge in [0.05, 0.1) is 12.4 Å². The van der Waals surface area contributed by atoms with Crippen LogP contribution in [0.1, 0.15) is 12.5 Å². The molecule has 1 aliphatic rings. The third-order valence-electron chi connectivity index (χ3n) is 4.15. The van der Waals surface area contributed by atoms with Crippen LogP contribution >= 0.6 is 0 Å². The summed E-state index contributed by atoms with van der Waals surface area (Å²) in [7, 11) is -2.94. The quantitative estimate of drug-likeness (QED) is 0.724. The predicted molar refractivity (Wildman–Crippen MR) is 93.4 cm³/mol. The topological polar surface area (TPSA) is 66.9 Å². The molecular formula is C17H26N2O4S. The van der Waals surface area contributed by atoms with Gasteiger partial charge < -0.3 is 9.64 Å². The van der Waals surface area contributed by atoms with E-state index >= 15 is 0 Å². The summed E-state index contributed by atoms with van der Waals surface area (Å²) < 4.78 is 28.1. The third kappa shape index (κ3) is 6.22. The van der Waals surface area contributed by atoms with E-state index in [1.165, 1.54) is 6.26 Å². The highest BCUT2D eigenvalue weighted by Gasteiger charge is 2.25. The van der Waals surface area contributed by atoms with Gasteiger partial charge in [-0.3, -0.25) is 9.69 Å². The second-order valence-corrected chi connectivity index (χ2v) is 8.50. The first-order valence-corrected chi connectivity index (χ1v) is 10.3. The molecule has 1 aliphatic heterocycles. The van der Waals surface area contributed by atoms with Crippen molar-refractivity contribution < 1.29 is 17.9 Å². The van der Waals surface area contributed by atoms with Crippen LogP contribution in [0, 0.1) is 0 Å². The molecule has 0 bridgehead atoms. The maximum absolute atomic E-state index is 12.4. The van der Waals surface area contributed by atoms with Crippen molar-refractivity contribution in [2.75, 3.05) is 44.7 Å². The molecule has 0 spiro atoms. The molecule has 0 saturated carbocycles. The Bertz CT molecular complexity index is 625. The summed E-state index contributed by atoms with van der Waals surface area (Å²) in [6.45, 7) is 5.35. The number of ether oxygens (including phenoxy) is 1. The van der Waals surface area contributed by atoms with Crippen LogP contribution in [0.3, 0.4) is 0 Å². The van der Waals surface area contributed by atoms with Gasteiger partial charge in [-0.2, -0.15) is 0 Å². The molecule has 1 atom stereocenters. The number of hydrogen-bond donors (Lipinski definition) is 0. The van der Waals surface area contributed by atoms with Gasteiger partial charge in [0.25, 0.3) is 5.91 Å². The lowest BCUT2D eigenvalue weighted by Crippen LogP contribution is -2.52. The molecule has 1 saturated heterocycles. The number of hydrogen-bond acceptors (Lipinski definition) is 5. The molecular weight excluding hydrogens is 328 g/mol. The molecule has 2 rings (SSSR count). The molecule has 6 nitrogen and oxygen atoms in total. The molecule has 0 radical (unpaired) electrons. The number of rotatable bonds is 7. The third-order valence-corrected chi connectivity index (χ3v) is 5.08. The lowest BCUT2D eigenvalue weighted by atomic mass is 10.2. The van der Waals surface area contributed by atoms with Gasteiger partial charge in [-0.1, -0.05) is 30.3 Å². The summed E-state index contributed by atoms with van der Waals surface area (Å²) in [6, 6.07) is 9.78. The fourth-order valence-electron chi connectivity index (χ4n) is 2.61. The largest absolute Gasteiger partial charge is 0.364 e. The number of benzene rings is 1. The van der Waals surface area contributed by atoms with Crippen molar-refractivity contribution in [2.45, 2.75) is 19.6 Å². The van der Waals surface area contributed by atoms with E-state index in [9.17, 15) is 13.2 Å². The zero-order valence-electron chi connectivity index (χ0n) is 14.3. The molecule has 7 heteroatoms. The molecule has 0 N–H and O–H groups in total. The van der Waals surface area contributed by atoms with Crippen molar-refractivity contribution in [2.24, 2.45) is 0 Å². The average molecular weight is 354 g/mol. The van der Waals surface area contributed by atoms with Crippen LogP contribution < -0.4 is 0 Å². The number of piperazine rings is 1. The number of nitrogens with zero attached hydrogens (tertiary/aromatic N) is 2. The molecule has 134 valence electrons. The molecule has 1 amide bonds. The standard InChI is InChI=1S/C17H26N2O4S/c1-15(23-14-16-6-4-3-5-7-16)17(20)19-10-8-18(9-11-19)12-13-24(2,21)22/h3-7,15H,8-14H2,1-2H3. The second kappa shape index (κ2) is 8.60. The first kappa shape index (κ1) is 18.9. The van der Waals surface area contributed by atoms with Gasteiger partial charge in [0.2, 0.25) is 0 Å². The zero-order chi connectivity index (χ0) is 17.6. The van der Waals surface area contributed by atoms with E-state index < -0.39 is 15.9 Å². The maximum atomic E-state index is 12.4. The van der Waals surface area contributed by atoms with Gasteiger partial charge >= 0.3 is 0 Å². The number of sulfone groups is 1. The summed E-state index contributed by atoms with van der Waals surface area (Å²) in [5, 5.41) is 0. The fourth-order valence-corrected chi connectivity index (χ4v) is 3.20. The Kier molecular flexibility index (Phi) is 6.77. The molecule has 24 heavy (non-hydrogen) atoms. The van der Waals surface area contributed by atoms with E-state index in [4.69, 9.17) is 4.74 Å². The molecule has 1 unspecified atom stereocenters. The Hall–Kier alpha value is -1.44. The summed E-state index contributed by atoms with van der Waals surface area (Å²) in [4.78, 5) is 16.3. The highest BCUT2D eigenvalue weighted by atomic mass is 32.2. The Morgan fingerprint density at radius 2 is 1.79 bits per heavy atom. The minimum Gasteiger partial charge on any atom is -0.364 e. The summed E-state index contributed by atoms with van der Waals surface area (Å²) in [5.74, 6) is 0.158. The lowest BCUT2D eigenvalue weighted by molar-refractivity contribution is -0.145. The average Bonchev–Trinajstić information content (AvgIpc) is 2.58.